The van der Waals surface area contributed by atoms with Crippen LogP contribution in [-0.4, -0.2) is 9.97 Å². The molecule has 0 saturated carbocycles. The molecule has 17 heavy (non-hydrogen) atoms. The Bertz CT molecular complexity index is 514. The Morgan fingerprint density at radius 3 is 2.88 bits per heavy atom. The zero-order valence-corrected chi connectivity index (χ0v) is 9.60. The van der Waals surface area contributed by atoms with Crippen molar-refractivity contribution in [3.05, 3.63) is 59.4 Å². The van der Waals surface area contributed by atoms with E-state index in [4.69, 9.17) is 5.73 Å². The molecule has 0 amide bonds. The quantitative estimate of drug-likeness (QED) is 0.881. The van der Waals surface area contributed by atoms with Gasteiger partial charge in [0, 0.05) is 18.0 Å². The standard InChI is InChI=1S/C13H14FN3/c1-2-9-4-3-6-17-13(9)12(15)10-5-7-16-8-11(10)14/h3-8,12H,2,15H2,1H3. The Hall–Kier alpha value is -1.81. The van der Waals surface area contributed by atoms with Crippen molar-refractivity contribution in [1.29, 1.82) is 0 Å². The van der Waals surface area contributed by atoms with Crippen molar-refractivity contribution >= 4 is 0 Å². The largest absolute Gasteiger partial charge is 0.319 e. The van der Waals surface area contributed by atoms with Crippen LogP contribution in [0.2, 0.25) is 0 Å². The van der Waals surface area contributed by atoms with Crippen LogP contribution in [0.3, 0.4) is 0 Å². The number of rotatable bonds is 3. The van der Waals surface area contributed by atoms with Gasteiger partial charge < -0.3 is 5.73 Å². The van der Waals surface area contributed by atoms with Crippen LogP contribution in [0.4, 0.5) is 4.39 Å². The van der Waals surface area contributed by atoms with Crippen molar-refractivity contribution in [3.63, 3.8) is 0 Å². The molecule has 2 heterocycles. The van der Waals surface area contributed by atoms with Gasteiger partial charge in [0.15, 0.2) is 0 Å². The monoisotopic (exact) mass is 231 g/mol. The first-order valence-electron chi connectivity index (χ1n) is 5.52. The van der Waals surface area contributed by atoms with Crippen molar-refractivity contribution in [3.8, 4) is 0 Å². The van der Waals surface area contributed by atoms with Crippen molar-refractivity contribution in [2.45, 2.75) is 19.4 Å². The molecule has 3 nitrogen and oxygen atoms in total. The first-order chi connectivity index (χ1) is 8.24. The third-order valence-corrected chi connectivity index (χ3v) is 2.74. The van der Waals surface area contributed by atoms with E-state index in [1.165, 1.54) is 12.4 Å². The lowest BCUT2D eigenvalue weighted by atomic mass is 9.99. The fraction of sp³-hybridized carbons (Fsp3) is 0.231. The second kappa shape index (κ2) is 5.01. The molecule has 0 saturated heterocycles. The first kappa shape index (κ1) is 11.7. The maximum absolute atomic E-state index is 13.6. The van der Waals surface area contributed by atoms with Gasteiger partial charge in [0.1, 0.15) is 5.82 Å². The van der Waals surface area contributed by atoms with E-state index in [0.717, 1.165) is 17.7 Å². The second-order valence-corrected chi connectivity index (χ2v) is 3.78. The summed E-state index contributed by atoms with van der Waals surface area (Å²) in [6, 6.07) is 4.86. The molecule has 0 aliphatic rings. The normalized spacial score (nSPS) is 12.4. The lowest BCUT2D eigenvalue weighted by Crippen LogP contribution is -2.17. The Kier molecular flexibility index (Phi) is 3.44. The molecule has 0 aliphatic carbocycles. The molecule has 0 radical (unpaired) electrons. The van der Waals surface area contributed by atoms with Crippen molar-refractivity contribution in [2.75, 3.05) is 0 Å². The fourth-order valence-electron chi connectivity index (χ4n) is 1.82. The summed E-state index contributed by atoms with van der Waals surface area (Å²) < 4.78 is 13.6. The summed E-state index contributed by atoms with van der Waals surface area (Å²) in [7, 11) is 0. The van der Waals surface area contributed by atoms with E-state index in [0.29, 0.717) is 5.56 Å². The van der Waals surface area contributed by atoms with Gasteiger partial charge in [-0.1, -0.05) is 13.0 Å². The summed E-state index contributed by atoms with van der Waals surface area (Å²) in [4.78, 5) is 7.97. The third-order valence-electron chi connectivity index (χ3n) is 2.74. The summed E-state index contributed by atoms with van der Waals surface area (Å²) in [6.07, 6.45) is 5.20. The van der Waals surface area contributed by atoms with Gasteiger partial charge in [-0.25, -0.2) is 4.39 Å². The minimum Gasteiger partial charge on any atom is -0.319 e. The number of nitrogens with two attached hydrogens (primary N) is 1. The lowest BCUT2D eigenvalue weighted by Gasteiger charge is -2.15. The van der Waals surface area contributed by atoms with Crippen LogP contribution in [0.5, 0.6) is 0 Å². The van der Waals surface area contributed by atoms with E-state index in [1.807, 2.05) is 19.1 Å². The summed E-state index contributed by atoms with van der Waals surface area (Å²) >= 11 is 0. The average molecular weight is 231 g/mol. The van der Waals surface area contributed by atoms with Gasteiger partial charge >= 0.3 is 0 Å². The van der Waals surface area contributed by atoms with E-state index in [9.17, 15) is 4.39 Å². The minimum absolute atomic E-state index is 0.396. The molecule has 0 aromatic carbocycles. The molecule has 2 rings (SSSR count). The SMILES string of the molecule is CCc1cccnc1C(N)c1ccncc1F. The predicted octanol–water partition coefficient (Wildman–Crippen LogP) is 2.23. The van der Waals surface area contributed by atoms with Crippen LogP contribution in [0.1, 0.15) is 29.8 Å². The maximum Gasteiger partial charge on any atom is 0.146 e. The van der Waals surface area contributed by atoms with E-state index in [2.05, 4.69) is 9.97 Å². The molecule has 4 heteroatoms. The molecule has 1 unspecified atom stereocenters. The highest BCUT2D eigenvalue weighted by Gasteiger charge is 2.16. The van der Waals surface area contributed by atoms with Crippen LogP contribution >= 0.6 is 0 Å². The summed E-state index contributed by atoms with van der Waals surface area (Å²) in [5.74, 6) is -0.396. The molecule has 0 fully saturated rings. The van der Waals surface area contributed by atoms with Crippen molar-refractivity contribution in [2.24, 2.45) is 5.73 Å². The fourth-order valence-corrected chi connectivity index (χ4v) is 1.82. The summed E-state index contributed by atoms with van der Waals surface area (Å²) in [5.41, 5.74) is 8.25. The van der Waals surface area contributed by atoms with Gasteiger partial charge in [-0.05, 0) is 24.1 Å². The molecule has 1 atom stereocenters. The number of aromatic nitrogens is 2. The number of pyridine rings is 2. The Morgan fingerprint density at radius 2 is 2.18 bits per heavy atom. The molecule has 0 bridgehead atoms. The van der Waals surface area contributed by atoms with Crippen LogP contribution in [-0.2, 0) is 6.42 Å². The molecule has 88 valence electrons. The number of aryl methyl sites for hydroxylation is 1. The van der Waals surface area contributed by atoms with Gasteiger partial charge in [0.25, 0.3) is 0 Å². The van der Waals surface area contributed by atoms with E-state index in [-0.39, 0.29) is 0 Å². The van der Waals surface area contributed by atoms with Gasteiger partial charge in [0.2, 0.25) is 0 Å². The lowest BCUT2D eigenvalue weighted by molar-refractivity contribution is 0.590. The predicted molar refractivity (Wildman–Crippen MR) is 63.8 cm³/mol. The molecule has 0 aliphatic heterocycles. The van der Waals surface area contributed by atoms with Crippen molar-refractivity contribution < 1.29 is 4.39 Å². The smallest absolute Gasteiger partial charge is 0.146 e. The van der Waals surface area contributed by atoms with Gasteiger partial charge in [-0.3, -0.25) is 9.97 Å². The van der Waals surface area contributed by atoms with Crippen LogP contribution in [0, 0.1) is 5.82 Å². The number of halogens is 1. The summed E-state index contributed by atoms with van der Waals surface area (Å²) in [6.45, 7) is 2.02. The summed E-state index contributed by atoms with van der Waals surface area (Å²) in [5, 5.41) is 0. The van der Waals surface area contributed by atoms with Gasteiger partial charge in [-0.2, -0.15) is 0 Å². The molecule has 2 aromatic rings. The average Bonchev–Trinajstić information content (AvgIpc) is 2.38. The molecule has 2 aromatic heterocycles. The van der Waals surface area contributed by atoms with E-state index >= 15 is 0 Å². The van der Waals surface area contributed by atoms with E-state index in [1.54, 1.807) is 12.3 Å². The number of nitrogens with zero attached hydrogens (tertiary/aromatic N) is 2. The highest BCUT2D eigenvalue weighted by molar-refractivity contribution is 5.31. The Morgan fingerprint density at radius 1 is 1.35 bits per heavy atom. The highest BCUT2D eigenvalue weighted by Crippen LogP contribution is 2.22. The second-order valence-electron chi connectivity index (χ2n) is 3.78. The zero-order valence-electron chi connectivity index (χ0n) is 9.60. The number of hydrogen-bond donors (Lipinski definition) is 1. The molecule has 2 N–H and O–H groups in total. The molecular weight excluding hydrogens is 217 g/mol. The first-order valence-corrected chi connectivity index (χ1v) is 5.52. The highest BCUT2D eigenvalue weighted by atomic mass is 19.1. The topological polar surface area (TPSA) is 51.8 Å². The van der Waals surface area contributed by atoms with Crippen LogP contribution in [0.15, 0.2) is 36.8 Å². The van der Waals surface area contributed by atoms with E-state index < -0.39 is 11.9 Å². The maximum atomic E-state index is 13.6. The molecular formula is C13H14FN3. The number of hydrogen-bond acceptors (Lipinski definition) is 3. The third kappa shape index (κ3) is 2.31. The Balaban J connectivity index is 2.44. The molecule has 0 spiro atoms. The van der Waals surface area contributed by atoms with Gasteiger partial charge in [-0.15, -0.1) is 0 Å². The Labute approximate surface area is 99.5 Å². The zero-order chi connectivity index (χ0) is 12.3. The van der Waals surface area contributed by atoms with Gasteiger partial charge in [0.05, 0.1) is 17.9 Å². The minimum atomic E-state index is -0.547. The van der Waals surface area contributed by atoms with Crippen LogP contribution in [0.25, 0.3) is 0 Å². The van der Waals surface area contributed by atoms with Crippen LogP contribution < -0.4 is 5.73 Å². The van der Waals surface area contributed by atoms with Crippen molar-refractivity contribution in [1.82, 2.24) is 9.97 Å².